The third-order valence-electron chi connectivity index (χ3n) is 4.68. The Kier molecular flexibility index (Phi) is 4.73. The predicted octanol–water partition coefficient (Wildman–Crippen LogP) is 0.543. The Hall–Kier alpha value is -1.47. The number of rotatable bonds is 4. The van der Waals surface area contributed by atoms with Crippen LogP contribution in [0.2, 0.25) is 0 Å². The van der Waals surface area contributed by atoms with E-state index in [4.69, 9.17) is 4.52 Å². The molecule has 2 fully saturated rings. The third-order valence-corrected chi connectivity index (χ3v) is 4.68. The molecule has 2 aliphatic rings. The lowest BCUT2D eigenvalue weighted by atomic mass is 9.97. The predicted molar refractivity (Wildman–Crippen MR) is 81.3 cm³/mol. The lowest BCUT2D eigenvalue weighted by molar-refractivity contribution is -0.133. The quantitative estimate of drug-likeness (QED) is 0.809. The number of nitrogens with zero attached hydrogens (tertiary/aromatic N) is 5. The smallest absolute Gasteiger partial charge is 0.231 e. The van der Waals surface area contributed by atoms with E-state index in [9.17, 15) is 4.79 Å². The molecule has 3 heterocycles. The Morgan fingerprint density at radius 1 is 1.27 bits per heavy atom. The first-order valence-electron chi connectivity index (χ1n) is 8.17. The van der Waals surface area contributed by atoms with Crippen molar-refractivity contribution in [3.05, 3.63) is 11.7 Å². The van der Waals surface area contributed by atoms with Gasteiger partial charge in [-0.25, -0.2) is 0 Å². The first-order valence-corrected chi connectivity index (χ1v) is 8.17. The Morgan fingerprint density at radius 3 is 2.77 bits per heavy atom. The SMILES string of the molecule is CCN1C[C@H](c2nc(CN3CCN(C)CC3)no2)CCC1=O. The number of hydrogen-bond donors (Lipinski definition) is 0. The summed E-state index contributed by atoms with van der Waals surface area (Å²) in [5, 5.41) is 4.13. The molecule has 1 aromatic heterocycles. The fourth-order valence-corrected chi connectivity index (χ4v) is 3.13. The summed E-state index contributed by atoms with van der Waals surface area (Å²) in [5.41, 5.74) is 0. The largest absolute Gasteiger partial charge is 0.342 e. The summed E-state index contributed by atoms with van der Waals surface area (Å²) in [4.78, 5) is 22.9. The summed E-state index contributed by atoms with van der Waals surface area (Å²) in [6.07, 6.45) is 1.39. The second kappa shape index (κ2) is 6.75. The van der Waals surface area contributed by atoms with Crippen LogP contribution in [0.25, 0.3) is 0 Å². The zero-order chi connectivity index (χ0) is 15.5. The normalized spacial score (nSPS) is 24.9. The number of piperazine rings is 1. The van der Waals surface area contributed by atoms with Gasteiger partial charge < -0.3 is 14.3 Å². The molecule has 0 bridgehead atoms. The molecule has 2 saturated heterocycles. The monoisotopic (exact) mass is 307 g/mol. The van der Waals surface area contributed by atoms with Crippen LogP contribution in [0.3, 0.4) is 0 Å². The zero-order valence-corrected chi connectivity index (χ0v) is 13.5. The summed E-state index contributed by atoms with van der Waals surface area (Å²) in [6, 6.07) is 0. The van der Waals surface area contributed by atoms with Crippen LogP contribution in [0.1, 0.15) is 37.4 Å². The summed E-state index contributed by atoms with van der Waals surface area (Å²) < 4.78 is 5.46. The first kappa shape index (κ1) is 15.4. The molecule has 0 unspecified atom stereocenters. The standard InChI is InChI=1S/C15H25N5O2/c1-3-20-10-12(4-5-14(20)21)15-16-13(17-22-15)11-19-8-6-18(2)7-9-19/h12H,3-11H2,1-2H3/t12-/m1/s1. The van der Waals surface area contributed by atoms with E-state index in [2.05, 4.69) is 27.0 Å². The average Bonchev–Trinajstić information content (AvgIpc) is 2.98. The van der Waals surface area contributed by atoms with Crippen molar-refractivity contribution < 1.29 is 9.32 Å². The van der Waals surface area contributed by atoms with Crippen molar-refractivity contribution in [1.82, 2.24) is 24.8 Å². The number of piperidine rings is 1. The number of carbonyl (C=O) groups is 1. The molecule has 0 aromatic carbocycles. The van der Waals surface area contributed by atoms with Crippen molar-refractivity contribution >= 4 is 5.91 Å². The molecule has 2 aliphatic heterocycles. The third kappa shape index (κ3) is 3.47. The molecule has 7 heteroatoms. The second-order valence-corrected chi connectivity index (χ2v) is 6.30. The van der Waals surface area contributed by atoms with Gasteiger partial charge in [0.1, 0.15) is 0 Å². The first-order chi connectivity index (χ1) is 10.7. The Balaban J connectivity index is 1.58. The second-order valence-electron chi connectivity index (χ2n) is 6.30. The van der Waals surface area contributed by atoms with Crippen LogP contribution in [0.4, 0.5) is 0 Å². The van der Waals surface area contributed by atoms with Crippen LogP contribution in [0.15, 0.2) is 4.52 Å². The molecular weight excluding hydrogens is 282 g/mol. The Bertz CT molecular complexity index is 510. The maximum Gasteiger partial charge on any atom is 0.231 e. The Morgan fingerprint density at radius 2 is 2.05 bits per heavy atom. The summed E-state index contributed by atoms with van der Waals surface area (Å²) >= 11 is 0. The van der Waals surface area contributed by atoms with Crippen LogP contribution in [0.5, 0.6) is 0 Å². The molecule has 0 N–H and O–H groups in total. The van der Waals surface area contributed by atoms with Gasteiger partial charge in [0.25, 0.3) is 0 Å². The van der Waals surface area contributed by atoms with E-state index in [1.165, 1.54) is 0 Å². The maximum atomic E-state index is 11.7. The lowest BCUT2D eigenvalue weighted by Crippen LogP contribution is -2.44. The highest BCUT2D eigenvalue weighted by atomic mass is 16.5. The highest BCUT2D eigenvalue weighted by molar-refractivity contribution is 5.77. The molecule has 1 aromatic rings. The van der Waals surface area contributed by atoms with Gasteiger partial charge >= 0.3 is 0 Å². The topological polar surface area (TPSA) is 65.7 Å². The van der Waals surface area contributed by atoms with Crippen LogP contribution in [0, 0.1) is 0 Å². The molecule has 0 radical (unpaired) electrons. The molecule has 1 amide bonds. The number of hydrogen-bond acceptors (Lipinski definition) is 6. The van der Waals surface area contributed by atoms with Crippen molar-refractivity contribution in [2.24, 2.45) is 0 Å². The van der Waals surface area contributed by atoms with Crippen molar-refractivity contribution in [1.29, 1.82) is 0 Å². The molecule has 0 aliphatic carbocycles. The van der Waals surface area contributed by atoms with Gasteiger partial charge in [0.2, 0.25) is 11.8 Å². The van der Waals surface area contributed by atoms with Crippen molar-refractivity contribution in [2.45, 2.75) is 32.2 Å². The van der Waals surface area contributed by atoms with E-state index in [0.717, 1.165) is 51.5 Å². The minimum Gasteiger partial charge on any atom is -0.342 e. The molecule has 22 heavy (non-hydrogen) atoms. The van der Waals surface area contributed by atoms with Crippen molar-refractivity contribution in [2.75, 3.05) is 46.3 Å². The fourth-order valence-electron chi connectivity index (χ4n) is 3.13. The van der Waals surface area contributed by atoms with Gasteiger partial charge in [-0.15, -0.1) is 0 Å². The van der Waals surface area contributed by atoms with Gasteiger partial charge in [0, 0.05) is 45.7 Å². The van der Waals surface area contributed by atoms with Gasteiger partial charge in [-0.2, -0.15) is 4.98 Å². The van der Waals surface area contributed by atoms with Gasteiger partial charge in [-0.1, -0.05) is 5.16 Å². The number of likely N-dealkylation sites (N-methyl/N-ethyl adjacent to an activating group) is 2. The molecule has 0 spiro atoms. The van der Waals surface area contributed by atoms with E-state index in [1.54, 1.807) is 0 Å². The number of aromatic nitrogens is 2. The molecule has 122 valence electrons. The van der Waals surface area contributed by atoms with E-state index < -0.39 is 0 Å². The summed E-state index contributed by atoms with van der Waals surface area (Å²) in [6.45, 7) is 8.46. The minimum absolute atomic E-state index is 0.186. The number of carbonyl (C=O) groups excluding carboxylic acids is 1. The fraction of sp³-hybridized carbons (Fsp3) is 0.800. The van der Waals surface area contributed by atoms with E-state index >= 15 is 0 Å². The van der Waals surface area contributed by atoms with Crippen LogP contribution >= 0.6 is 0 Å². The number of amides is 1. The molecule has 0 saturated carbocycles. The van der Waals surface area contributed by atoms with Gasteiger partial charge in [-0.05, 0) is 20.4 Å². The maximum absolute atomic E-state index is 11.7. The van der Waals surface area contributed by atoms with Gasteiger partial charge in [0.05, 0.1) is 12.5 Å². The van der Waals surface area contributed by atoms with Crippen LogP contribution in [-0.4, -0.2) is 77.1 Å². The zero-order valence-electron chi connectivity index (χ0n) is 13.5. The Labute approximate surface area is 131 Å². The lowest BCUT2D eigenvalue weighted by Gasteiger charge is -2.31. The highest BCUT2D eigenvalue weighted by Crippen LogP contribution is 2.26. The van der Waals surface area contributed by atoms with Crippen LogP contribution < -0.4 is 0 Å². The average molecular weight is 307 g/mol. The molecule has 1 atom stereocenters. The number of likely N-dealkylation sites (tertiary alicyclic amines) is 1. The van der Waals surface area contributed by atoms with E-state index in [0.29, 0.717) is 18.9 Å². The minimum atomic E-state index is 0.186. The molecule has 3 rings (SSSR count). The van der Waals surface area contributed by atoms with Gasteiger partial charge in [-0.3, -0.25) is 9.69 Å². The summed E-state index contributed by atoms with van der Waals surface area (Å²) in [5.74, 6) is 1.87. The molecular formula is C15H25N5O2. The van der Waals surface area contributed by atoms with E-state index in [-0.39, 0.29) is 11.8 Å². The van der Waals surface area contributed by atoms with Crippen molar-refractivity contribution in [3.63, 3.8) is 0 Å². The van der Waals surface area contributed by atoms with Crippen LogP contribution in [-0.2, 0) is 11.3 Å². The molecule has 7 nitrogen and oxygen atoms in total. The van der Waals surface area contributed by atoms with Gasteiger partial charge in [0.15, 0.2) is 5.82 Å². The highest BCUT2D eigenvalue weighted by Gasteiger charge is 2.29. The van der Waals surface area contributed by atoms with Crippen molar-refractivity contribution in [3.8, 4) is 0 Å². The summed E-state index contributed by atoms with van der Waals surface area (Å²) in [7, 11) is 2.15. The van der Waals surface area contributed by atoms with E-state index in [1.807, 2.05) is 11.8 Å².